The third-order valence-electron chi connectivity index (χ3n) is 2.48. The van der Waals surface area contributed by atoms with Gasteiger partial charge in [-0.05, 0) is 40.9 Å². The Morgan fingerprint density at radius 2 is 2.29 bits per heavy atom. The Kier molecular flexibility index (Phi) is 2.06. The Bertz CT molecular complexity index is 401. The second kappa shape index (κ2) is 3.28. The van der Waals surface area contributed by atoms with Crippen LogP contribution in [0.4, 0.5) is 5.69 Å². The van der Waals surface area contributed by atoms with Crippen molar-refractivity contribution >= 4 is 39.9 Å². The average Bonchev–Trinajstić information content (AvgIpc) is 3.01. The molecule has 1 aromatic carbocycles. The number of benzene rings is 1. The lowest BCUT2D eigenvalue weighted by Gasteiger charge is -2.25. The van der Waals surface area contributed by atoms with E-state index in [0.717, 1.165) is 4.47 Å². The van der Waals surface area contributed by atoms with Gasteiger partial charge in [-0.15, -0.1) is 0 Å². The molecule has 2 nitrogen and oxygen atoms in total. The second-order valence-electron chi connectivity index (χ2n) is 3.54. The average molecular weight is 269 g/mol. The van der Waals surface area contributed by atoms with Crippen LogP contribution in [-0.4, -0.2) is 12.4 Å². The van der Waals surface area contributed by atoms with Crippen LogP contribution in [0, 0.1) is 0 Å². The molecule has 1 heterocycles. The van der Waals surface area contributed by atoms with E-state index in [9.17, 15) is 0 Å². The molecule has 1 fully saturated rings. The van der Waals surface area contributed by atoms with Gasteiger partial charge in [0.1, 0.15) is 6.34 Å². The fourth-order valence-corrected chi connectivity index (χ4v) is 2.87. The number of halogens is 1. The van der Waals surface area contributed by atoms with Gasteiger partial charge in [-0.3, -0.25) is 0 Å². The Labute approximate surface area is 95.7 Å². The van der Waals surface area contributed by atoms with Crippen molar-refractivity contribution in [2.24, 2.45) is 4.40 Å². The van der Waals surface area contributed by atoms with E-state index in [0.29, 0.717) is 6.04 Å². The standard InChI is InChI=1S/C10H9BrN2S/c11-8-2-1-3-9-10(8)14-12-6-13(9)7-4-5-7/h1-3,6-7H,4-5H2. The molecule has 4 heteroatoms. The maximum Gasteiger partial charge on any atom is 0.104 e. The van der Waals surface area contributed by atoms with E-state index in [1.807, 2.05) is 6.34 Å². The van der Waals surface area contributed by atoms with Crippen molar-refractivity contribution in [1.29, 1.82) is 0 Å². The molecule has 0 bridgehead atoms. The Morgan fingerprint density at radius 3 is 3.07 bits per heavy atom. The Hall–Kier alpha value is -0.480. The summed E-state index contributed by atoms with van der Waals surface area (Å²) in [6.45, 7) is 0. The van der Waals surface area contributed by atoms with Gasteiger partial charge in [0.2, 0.25) is 0 Å². The SMILES string of the molecule is Brc1cccc2c1SN=CN2C1CC1. The van der Waals surface area contributed by atoms with Crippen LogP contribution < -0.4 is 4.90 Å². The lowest BCUT2D eigenvalue weighted by molar-refractivity contribution is 0.994. The molecule has 1 aromatic rings. The summed E-state index contributed by atoms with van der Waals surface area (Å²) in [5, 5.41) is 0. The summed E-state index contributed by atoms with van der Waals surface area (Å²) in [6, 6.07) is 7.00. The highest BCUT2D eigenvalue weighted by Gasteiger charge is 2.31. The number of fused-ring (bicyclic) bond motifs is 1. The molecule has 2 aliphatic rings. The van der Waals surface area contributed by atoms with E-state index in [4.69, 9.17) is 0 Å². The molecule has 0 aromatic heterocycles. The first-order valence-corrected chi connectivity index (χ1v) is 6.20. The molecular formula is C10H9BrN2S. The zero-order chi connectivity index (χ0) is 9.54. The molecule has 0 spiro atoms. The van der Waals surface area contributed by atoms with E-state index in [-0.39, 0.29) is 0 Å². The van der Waals surface area contributed by atoms with Crippen LogP contribution in [0.25, 0.3) is 0 Å². The van der Waals surface area contributed by atoms with Gasteiger partial charge >= 0.3 is 0 Å². The summed E-state index contributed by atoms with van der Waals surface area (Å²) in [7, 11) is 0. The van der Waals surface area contributed by atoms with Crippen molar-refractivity contribution in [3.05, 3.63) is 22.7 Å². The quantitative estimate of drug-likeness (QED) is 0.725. The van der Waals surface area contributed by atoms with Crippen molar-refractivity contribution in [2.45, 2.75) is 23.8 Å². The highest BCUT2D eigenvalue weighted by Crippen LogP contribution is 2.43. The third kappa shape index (κ3) is 1.37. The van der Waals surface area contributed by atoms with Gasteiger partial charge in [0.25, 0.3) is 0 Å². The van der Waals surface area contributed by atoms with Gasteiger partial charge in [0.15, 0.2) is 0 Å². The second-order valence-corrected chi connectivity index (χ2v) is 5.19. The number of nitrogens with zero attached hydrogens (tertiary/aromatic N) is 2. The van der Waals surface area contributed by atoms with Gasteiger partial charge in [-0.2, -0.15) is 0 Å². The van der Waals surface area contributed by atoms with Crippen molar-refractivity contribution in [1.82, 2.24) is 0 Å². The number of hydrogen-bond acceptors (Lipinski definition) is 3. The van der Waals surface area contributed by atoms with E-state index < -0.39 is 0 Å². The first kappa shape index (κ1) is 8.80. The summed E-state index contributed by atoms with van der Waals surface area (Å²) < 4.78 is 5.45. The van der Waals surface area contributed by atoms with Crippen molar-refractivity contribution in [2.75, 3.05) is 4.90 Å². The minimum absolute atomic E-state index is 0.688. The highest BCUT2D eigenvalue weighted by atomic mass is 79.9. The summed E-state index contributed by atoms with van der Waals surface area (Å²) in [4.78, 5) is 3.53. The molecule has 0 unspecified atom stereocenters. The summed E-state index contributed by atoms with van der Waals surface area (Å²) in [5.41, 5.74) is 1.29. The van der Waals surface area contributed by atoms with Gasteiger partial charge in [0.05, 0.1) is 10.6 Å². The van der Waals surface area contributed by atoms with Crippen LogP contribution in [-0.2, 0) is 0 Å². The normalized spacial score (nSPS) is 19.6. The van der Waals surface area contributed by atoms with Crippen molar-refractivity contribution < 1.29 is 0 Å². The van der Waals surface area contributed by atoms with E-state index in [1.54, 1.807) is 11.9 Å². The predicted octanol–water partition coefficient (Wildman–Crippen LogP) is 3.47. The first-order valence-electron chi connectivity index (χ1n) is 4.63. The van der Waals surface area contributed by atoms with Crippen LogP contribution in [0.15, 0.2) is 32.0 Å². The van der Waals surface area contributed by atoms with E-state index in [2.05, 4.69) is 43.4 Å². The lowest BCUT2D eigenvalue weighted by Crippen LogP contribution is -2.25. The number of anilines is 1. The van der Waals surface area contributed by atoms with Gasteiger partial charge < -0.3 is 4.90 Å². The van der Waals surface area contributed by atoms with Crippen LogP contribution >= 0.6 is 27.9 Å². The van der Waals surface area contributed by atoms with Crippen LogP contribution in [0.5, 0.6) is 0 Å². The molecule has 0 saturated heterocycles. The number of rotatable bonds is 1. The molecule has 0 radical (unpaired) electrons. The molecule has 0 N–H and O–H groups in total. The van der Waals surface area contributed by atoms with Crippen LogP contribution in [0.2, 0.25) is 0 Å². The zero-order valence-corrected chi connectivity index (χ0v) is 9.88. The smallest absolute Gasteiger partial charge is 0.104 e. The molecule has 0 amide bonds. The Balaban J connectivity index is 2.08. The lowest BCUT2D eigenvalue weighted by atomic mass is 10.3. The summed E-state index contributed by atoms with van der Waals surface area (Å²) >= 11 is 5.10. The molecule has 72 valence electrons. The third-order valence-corrected chi connectivity index (χ3v) is 4.21. The van der Waals surface area contributed by atoms with Gasteiger partial charge in [-0.25, -0.2) is 4.40 Å². The molecule has 14 heavy (non-hydrogen) atoms. The molecule has 0 atom stereocenters. The Morgan fingerprint density at radius 1 is 1.43 bits per heavy atom. The molecule has 1 saturated carbocycles. The topological polar surface area (TPSA) is 15.6 Å². The fraction of sp³-hybridized carbons (Fsp3) is 0.300. The maximum absolute atomic E-state index is 4.31. The summed E-state index contributed by atoms with van der Waals surface area (Å²) in [6.07, 6.45) is 4.54. The monoisotopic (exact) mass is 268 g/mol. The maximum atomic E-state index is 4.31. The fourth-order valence-electron chi connectivity index (χ4n) is 1.62. The molecule has 1 aliphatic heterocycles. The molecule has 1 aliphatic carbocycles. The molecule has 3 rings (SSSR count). The summed E-state index contributed by atoms with van der Waals surface area (Å²) in [5.74, 6) is 0. The van der Waals surface area contributed by atoms with Gasteiger partial charge in [0, 0.05) is 22.5 Å². The van der Waals surface area contributed by atoms with Crippen molar-refractivity contribution in [3.8, 4) is 0 Å². The van der Waals surface area contributed by atoms with Crippen LogP contribution in [0.1, 0.15) is 12.8 Å². The highest BCUT2D eigenvalue weighted by molar-refractivity contribution is 9.10. The first-order chi connectivity index (χ1) is 6.86. The van der Waals surface area contributed by atoms with E-state index >= 15 is 0 Å². The van der Waals surface area contributed by atoms with Crippen LogP contribution in [0.3, 0.4) is 0 Å². The number of hydrogen-bond donors (Lipinski definition) is 0. The van der Waals surface area contributed by atoms with Crippen molar-refractivity contribution in [3.63, 3.8) is 0 Å². The predicted molar refractivity (Wildman–Crippen MR) is 64.0 cm³/mol. The largest absolute Gasteiger partial charge is 0.328 e. The zero-order valence-electron chi connectivity index (χ0n) is 7.48. The van der Waals surface area contributed by atoms with Gasteiger partial charge in [-0.1, -0.05) is 6.07 Å². The minimum Gasteiger partial charge on any atom is -0.328 e. The minimum atomic E-state index is 0.688. The molecular weight excluding hydrogens is 260 g/mol. The van der Waals surface area contributed by atoms with E-state index in [1.165, 1.54) is 23.4 Å².